The molecule has 0 spiro atoms. The maximum Gasteiger partial charge on any atom is 0.418 e. The molecule has 2 N–H and O–H groups in total. The molecule has 5 aromatic rings. The monoisotopic (exact) mass is 565 g/mol. The predicted molar refractivity (Wildman–Crippen MR) is 148 cm³/mol. The lowest BCUT2D eigenvalue weighted by molar-refractivity contribution is -0.136. The molecular weight excluding hydrogens is 542 g/mol. The van der Waals surface area contributed by atoms with Gasteiger partial charge >= 0.3 is 6.18 Å². The third-order valence-corrected chi connectivity index (χ3v) is 6.99. The van der Waals surface area contributed by atoms with Crippen molar-refractivity contribution >= 4 is 28.4 Å². The summed E-state index contributed by atoms with van der Waals surface area (Å²) >= 11 is 5.89. The average molecular weight is 566 g/mol. The summed E-state index contributed by atoms with van der Waals surface area (Å²) in [6.07, 6.45) is -2.41. The van der Waals surface area contributed by atoms with Gasteiger partial charge in [0, 0.05) is 27.1 Å². The lowest BCUT2D eigenvalue weighted by Crippen LogP contribution is -2.10. The molecule has 0 unspecified atom stereocenters. The SMILES string of the molecule is NC(=O)c1cccc(CCCc2cccc(-c3c4cccc(C(F)(F)F)c4nn3Cc3ccc(Cl)cc3F)c2)c1. The van der Waals surface area contributed by atoms with Crippen LogP contribution in [0.1, 0.15) is 39.0 Å². The number of amides is 1. The molecule has 5 rings (SSSR count). The zero-order chi connectivity index (χ0) is 28.4. The number of hydrogen-bond donors (Lipinski definition) is 1. The molecule has 0 fully saturated rings. The maximum atomic E-state index is 14.7. The molecule has 0 radical (unpaired) electrons. The summed E-state index contributed by atoms with van der Waals surface area (Å²) in [6.45, 7) is -0.0786. The molecule has 0 saturated carbocycles. The van der Waals surface area contributed by atoms with E-state index >= 15 is 0 Å². The van der Waals surface area contributed by atoms with Gasteiger partial charge in [-0.15, -0.1) is 0 Å². The number of carbonyl (C=O) groups is 1. The van der Waals surface area contributed by atoms with Gasteiger partial charge in [-0.05, 0) is 66.8 Å². The van der Waals surface area contributed by atoms with Crippen molar-refractivity contribution in [2.24, 2.45) is 5.73 Å². The van der Waals surface area contributed by atoms with Crippen molar-refractivity contribution in [3.8, 4) is 11.3 Å². The van der Waals surface area contributed by atoms with Crippen molar-refractivity contribution in [1.82, 2.24) is 9.78 Å². The Hall–Kier alpha value is -4.17. The Bertz CT molecular complexity index is 1710. The van der Waals surface area contributed by atoms with Crippen LogP contribution in [0.3, 0.4) is 0 Å². The van der Waals surface area contributed by atoms with Gasteiger partial charge in [0.1, 0.15) is 11.3 Å². The molecule has 0 aliphatic rings. The summed E-state index contributed by atoms with van der Waals surface area (Å²) in [5.74, 6) is -1.05. The topological polar surface area (TPSA) is 60.9 Å². The first kappa shape index (κ1) is 27.4. The van der Waals surface area contributed by atoms with Crippen LogP contribution in [0.4, 0.5) is 17.6 Å². The summed E-state index contributed by atoms with van der Waals surface area (Å²) in [7, 11) is 0. The molecule has 1 heterocycles. The van der Waals surface area contributed by atoms with Crippen molar-refractivity contribution in [3.05, 3.63) is 124 Å². The molecule has 204 valence electrons. The zero-order valence-corrected chi connectivity index (χ0v) is 21.9. The van der Waals surface area contributed by atoms with E-state index in [9.17, 15) is 22.4 Å². The summed E-state index contributed by atoms with van der Waals surface area (Å²) in [6, 6.07) is 22.8. The number of benzene rings is 4. The van der Waals surface area contributed by atoms with Crippen LogP contribution in [-0.4, -0.2) is 15.7 Å². The number of carbonyl (C=O) groups excluding carboxylic acids is 1. The highest BCUT2D eigenvalue weighted by molar-refractivity contribution is 6.30. The molecule has 0 atom stereocenters. The van der Waals surface area contributed by atoms with E-state index in [2.05, 4.69) is 5.10 Å². The van der Waals surface area contributed by atoms with Crippen molar-refractivity contribution in [1.29, 1.82) is 0 Å². The first-order valence-corrected chi connectivity index (χ1v) is 13.0. The summed E-state index contributed by atoms with van der Waals surface area (Å²) < 4.78 is 57.7. The second-order valence-electron chi connectivity index (χ2n) is 9.56. The quantitative estimate of drug-likeness (QED) is 0.195. The lowest BCUT2D eigenvalue weighted by atomic mass is 9.99. The van der Waals surface area contributed by atoms with E-state index in [1.54, 1.807) is 24.3 Å². The molecule has 0 saturated heterocycles. The molecule has 0 aliphatic carbocycles. The number of aryl methyl sites for hydroxylation is 2. The van der Waals surface area contributed by atoms with E-state index < -0.39 is 23.5 Å². The molecular formula is C31H24ClF4N3O. The van der Waals surface area contributed by atoms with Crippen LogP contribution in [-0.2, 0) is 25.6 Å². The fraction of sp³-hybridized carbons (Fsp3) is 0.161. The van der Waals surface area contributed by atoms with Gasteiger partial charge < -0.3 is 5.73 Å². The molecule has 1 amide bonds. The standard InChI is InChI=1S/C31H24ClF4N3O/c32-24-14-13-23(27(33)17-24)18-39-29(25-11-4-12-26(28(25)38-39)31(34,35)36)21-9-2-7-19(15-21)5-1-6-20-8-3-10-22(16-20)30(37)40/h2-4,7-17H,1,5-6,18H2,(H2,37,40). The molecule has 4 aromatic carbocycles. The highest BCUT2D eigenvalue weighted by Gasteiger charge is 2.34. The molecule has 0 bridgehead atoms. The van der Waals surface area contributed by atoms with E-state index in [1.807, 2.05) is 30.3 Å². The summed E-state index contributed by atoms with van der Waals surface area (Å²) in [5, 5.41) is 4.87. The molecule has 9 heteroatoms. The number of rotatable bonds is 8. The van der Waals surface area contributed by atoms with Crippen molar-refractivity contribution in [2.75, 3.05) is 0 Å². The number of hydrogen-bond acceptors (Lipinski definition) is 2. The van der Waals surface area contributed by atoms with Gasteiger partial charge in [0.15, 0.2) is 0 Å². The van der Waals surface area contributed by atoms with E-state index in [4.69, 9.17) is 17.3 Å². The third kappa shape index (κ3) is 5.87. The van der Waals surface area contributed by atoms with E-state index in [1.165, 1.54) is 28.9 Å². The van der Waals surface area contributed by atoms with Crippen LogP contribution in [0.25, 0.3) is 22.2 Å². The van der Waals surface area contributed by atoms with Crippen LogP contribution >= 0.6 is 11.6 Å². The van der Waals surface area contributed by atoms with Gasteiger partial charge in [0.2, 0.25) is 5.91 Å². The lowest BCUT2D eigenvalue weighted by Gasteiger charge is -2.11. The van der Waals surface area contributed by atoms with E-state index in [0.29, 0.717) is 28.6 Å². The Labute approximate surface area is 233 Å². The molecule has 1 aromatic heterocycles. The Morgan fingerprint density at radius 2 is 1.60 bits per heavy atom. The number of nitrogens with two attached hydrogens (primary N) is 1. The highest BCUT2D eigenvalue weighted by atomic mass is 35.5. The van der Waals surface area contributed by atoms with Crippen LogP contribution in [0.15, 0.2) is 84.9 Å². The molecule has 40 heavy (non-hydrogen) atoms. The van der Waals surface area contributed by atoms with Crippen molar-refractivity contribution in [2.45, 2.75) is 32.0 Å². The van der Waals surface area contributed by atoms with Gasteiger partial charge in [0.05, 0.1) is 17.8 Å². The normalized spacial score (nSPS) is 11.7. The fourth-order valence-electron chi connectivity index (χ4n) is 4.86. The second kappa shape index (κ2) is 11.1. The van der Waals surface area contributed by atoms with Crippen molar-refractivity contribution in [3.63, 3.8) is 0 Å². The summed E-state index contributed by atoms with van der Waals surface area (Å²) in [5.41, 5.74) is 8.14. The Balaban J connectivity index is 1.50. The smallest absolute Gasteiger partial charge is 0.366 e. The number of halogens is 5. The number of nitrogens with zero attached hydrogens (tertiary/aromatic N) is 2. The Kier molecular flexibility index (Phi) is 7.63. The minimum Gasteiger partial charge on any atom is -0.366 e. The summed E-state index contributed by atoms with van der Waals surface area (Å²) in [4.78, 5) is 11.5. The Morgan fingerprint density at radius 1 is 0.900 bits per heavy atom. The fourth-order valence-corrected chi connectivity index (χ4v) is 5.02. The highest BCUT2D eigenvalue weighted by Crippen LogP contribution is 2.38. The van der Waals surface area contributed by atoms with Crippen molar-refractivity contribution < 1.29 is 22.4 Å². The van der Waals surface area contributed by atoms with E-state index in [-0.39, 0.29) is 22.6 Å². The first-order valence-electron chi connectivity index (χ1n) is 12.6. The minimum absolute atomic E-state index is 0.0786. The number of aromatic nitrogens is 2. The molecule has 0 aliphatic heterocycles. The van der Waals surface area contributed by atoms with E-state index in [0.717, 1.165) is 30.0 Å². The van der Waals surface area contributed by atoms with Gasteiger partial charge in [-0.1, -0.05) is 60.1 Å². The second-order valence-corrected chi connectivity index (χ2v) is 10.00. The average Bonchev–Trinajstić information content (AvgIpc) is 3.28. The van der Waals surface area contributed by atoms with Gasteiger partial charge in [-0.2, -0.15) is 18.3 Å². The zero-order valence-electron chi connectivity index (χ0n) is 21.2. The van der Waals surface area contributed by atoms with Gasteiger partial charge in [0.25, 0.3) is 0 Å². The maximum absolute atomic E-state index is 14.7. The van der Waals surface area contributed by atoms with Crippen LogP contribution in [0.5, 0.6) is 0 Å². The minimum atomic E-state index is -4.60. The first-order chi connectivity index (χ1) is 19.1. The number of alkyl halides is 3. The Morgan fingerprint density at radius 3 is 2.30 bits per heavy atom. The van der Waals surface area contributed by atoms with Crippen LogP contribution < -0.4 is 5.73 Å². The predicted octanol–water partition coefficient (Wildman–Crippen LogP) is 7.84. The molecule has 4 nitrogen and oxygen atoms in total. The van der Waals surface area contributed by atoms with Gasteiger partial charge in [-0.25, -0.2) is 4.39 Å². The van der Waals surface area contributed by atoms with Crippen LogP contribution in [0.2, 0.25) is 5.02 Å². The van der Waals surface area contributed by atoms with Crippen LogP contribution in [0, 0.1) is 5.82 Å². The number of primary amides is 1. The largest absolute Gasteiger partial charge is 0.418 e. The van der Waals surface area contributed by atoms with Gasteiger partial charge in [-0.3, -0.25) is 9.48 Å². The third-order valence-electron chi connectivity index (χ3n) is 6.75. The number of fused-ring (bicyclic) bond motifs is 1.